The quantitative estimate of drug-likeness (QED) is 0.550. The van der Waals surface area contributed by atoms with Gasteiger partial charge in [-0.1, -0.05) is 62.1 Å². The van der Waals surface area contributed by atoms with E-state index in [-0.39, 0.29) is 29.6 Å². The molecule has 0 unspecified atom stereocenters. The van der Waals surface area contributed by atoms with Crippen molar-refractivity contribution in [1.29, 1.82) is 0 Å². The number of hydrogen-bond donors (Lipinski definition) is 1. The summed E-state index contributed by atoms with van der Waals surface area (Å²) in [6.45, 7) is 0. The van der Waals surface area contributed by atoms with Gasteiger partial charge in [0.1, 0.15) is 0 Å². The largest absolute Gasteiger partial charge is 0.357 e. The number of carbonyl (C=O) groups excluding carboxylic acids is 2. The lowest BCUT2D eigenvalue weighted by molar-refractivity contribution is -0.123. The van der Waals surface area contributed by atoms with Crippen LogP contribution in [0, 0.1) is 11.8 Å². The molecule has 2 aromatic carbocycles. The van der Waals surface area contributed by atoms with Gasteiger partial charge in [0.05, 0.1) is 17.5 Å². The van der Waals surface area contributed by atoms with Crippen LogP contribution in [0.3, 0.4) is 0 Å². The maximum Gasteiger partial charge on any atom is 0.243 e. The van der Waals surface area contributed by atoms with Crippen molar-refractivity contribution in [1.82, 2.24) is 4.98 Å². The number of aromatic nitrogens is 1. The van der Waals surface area contributed by atoms with E-state index in [0.29, 0.717) is 11.6 Å². The molecule has 2 aliphatic carbocycles. The van der Waals surface area contributed by atoms with Crippen molar-refractivity contribution < 1.29 is 9.59 Å². The number of benzene rings is 2. The van der Waals surface area contributed by atoms with Crippen LogP contribution in [-0.2, 0) is 9.59 Å². The topological polar surface area (TPSA) is 53.2 Å². The molecule has 1 aromatic heterocycles. The minimum absolute atomic E-state index is 0.00363. The van der Waals surface area contributed by atoms with E-state index in [1.807, 2.05) is 36.4 Å². The van der Waals surface area contributed by atoms with Gasteiger partial charge in [-0.15, -0.1) is 0 Å². The highest BCUT2D eigenvalue weighted by atomic mass is 16.2. The Morgan fingerprint density at radius 3 is 2.37 bits per heavy atom. The maximum absolute atomic E-state index is 13.7. The zero-order valence-corrected chi connectivity index (χ0v) is 17.0. The van der Waals surface area contributed by atoms with Crippen LogP contribution < -0.4 is 4.90 Å². The van der Waals surface area contributed by atoms with Crippen molar-refractivity contribution in [3.8, 4) is 0 Å². The normalized spacial score (nSPS) is 28.6. The first-order chi connectivity index (χ1) is 14.8. The van der Waals surface area contributed by atoms with E-state index in [4.69, 9.17) is 0 Å². The van der Waals surface area contributed by atoms with Gasteiger partial charge in [0, 0.05) is 16.6 Å². The number of hydrogen-bond acceptors (Lipinski definition) is 2. The number of amides is 2. The molecule has 1 saturated carbocycles. The molecule has 1 saturated heterocycles. The van der Waals surface area contributed by atoms with E-state index in [1.54, 1.807) is 0 Å². The zero-order chi connectivity index (χ0) is 20.2. The van der Waals surface area contributed by atoms with Crippen LogP contribution in [0.15, 0.2) is 54.6 Å². The van der Waals surface area contributed by atoms with Crippen molar-refractivity contribution in [2.75, 3.05) is 4.90 Å². The maximum atomic E-state index is 13.7. The van der Waals surface area contributed by atoms with Gasteiger partial charge >= 0.3 is 0 Å². The van der Waals surface area contributed by atoms with Crippen LogP contribution in [0.2, 0.25) is 0 Å². The lowest BCUT2D eigenvalue weighted by Crippen LogP contribution is -2.36. The lowest BCUT2D eigenvalue weighted by atomic mass is 9.62. The standard InChI is InChI=1S/C26H26N2O2/c29-25-22-18-13-7-2-1-6-12-17(18)21-19-14-8-9-15-20(19)27-24(21)23(22)26(30)28(25)16-10-4-3-5-11-16/h3-5,8-11,14-15,17-18,22-23,27H,1-2,6-7,12-13H2/t17-,18+,22+,23-/m1/s1. The van der Waals surface area contributed by atoms with Gasteiger partial charge in [-0.3, -0.25) is 9.59 Å². The van der Waals surface area contributed by atoms with Crippen molar-refractivity contribution >= 4 is 28.4 Å². The minimum atomic E-state index is -0.388. The van der Waals surface area contributed by atoms with E-state index in [9.17, 15) is 9.59 Å². The molecule has 3 aliphatic rings. The van der Waals surface area contributed by atoms with Crippen LogP contribution in [0.5, 0.6) is 0 Å². The summed E-state index contributed by atoms with van der Waals surface area (Å²) in [4.78, 5) is 32.5. The fraction of sp³-hybridized carbons (Fsp3) is 0.385. The summed E-state index contributed by atoms with van der Waals surface area (Å²) in [6.07, 6.45) is 6.97. The van der Waals surface area contributed by atoms with Crippen LogP contribution >= 0.6 is 0 Å². The Kier molecular flexibility index (Phi) is 4.08. The summed E-state index contributed by atoms with van der Waals surface area (Å²) in [5, 5.41) is 1.24. The zero-order valence-electron chi connectivity index (χ0n) is 17.0. The molecule has 2 fully saturated rings. The Hall–Kier alpha value is -2.88. The summed E-state index contributed by atoms with van der Waals surface area (Å²) in [7, 11) is 0. The van der Waals surface area contributed by atoms with E-state index in [1.165, 1.54) is 35.1 Å². The number of aromatic amines is 1. The SMILES string of the molecule is O=C1[C@H]2[C@H]3CCCCCC[C@H]3c3c([nH]c4ccccc34)[C@@H]2C(=O)N1c1ccccc1. The van der Waals surface area contributed by atoms with Gasteiger partial charge in [-0.25, -0.2) is 4.90 Å². The predicted molar refractivity (Wildman–Crippen MR) is 117 cm³/mol. The number of carbonyl (C=O) groups is 2. The number of para-hydroxylation sites is 2. The second-order valence-electron chi connectivity index (χ2n) is 9.11. The third-order valence-electron chi connectivity index (χ3n) is 7.60. The molecule has 4 heteroatoms. The molecule has 3 aromatic rings. The molecule has 2 heterocycles. The fourth-order valence-electron chi connectivity index (χ4n) is 6.39. The second-order valence-corrected chi connectivity index (χ2v) is 9.11. The number of H-pyrrole nitrogens is 1. The highest BCUT2D eigenvalue weighted by Gasteiger charge is 2.58. The number of fused-ring (bicyclic) bond motifs is 8. The molecular weight excluding hydrogens is 372 g/mol. The lowest BCUT2D eigenvalue weighted by Gasteiger charge is -2.39. The average molecular weight is 399 g/mol. The number of anilines is 1. The van der Waals surface area contributed by atoms with E-state index in [0.717, 1.165) is 30.5 Å². The molecule has 4 nitrogen and oxygen atoms in total. The highest BCUT2D eigenvalue weighted by molar-refractivity contribution is 6.24. The Bertz CT molecular complexity index is 1130. The van der Waals surface area contributed by atoms with Gasteiger partial charge in [-0.05, 0) is 48.4 Å². The van der Waals surface area contributed by atoms with Crippen molar-refractivity contribution in [3.05, 3.63) is 65.9 Å². The van der Waals surface area contributed by atoms with Gasteiger partial charge < -0.3 is 4.98 Å². The monoisotopic (exact) mass is 398 g/mol. The molecule has 0 radical (unpaired) electrons. The minimum Gasteiger partial charge on any atom is -0.357 e. The van der Waals surface area contributed by atoms with Crippen LogP contribution in [-0.4, -0.2) is 16.8 Å². The number of rotatable bonds is 1. The van der Waals surface area contributed by atoms with E-state index in [2.05, 4.69) is 23.2 Å². The summed E-state index contributed by atoms with van der Waals surface area (Å²) in [6, 6.07) is 17.8. The summed E-state index contributed by atoms with van der Waals surface area (Å²) < 4.78 is 0. The molecule has 1 N–H and O–H groups in total. The molecule has 30 heavy (non-hydrogen) atoms. The number of nitrogens with zero attached hydrogens (tertiary/aromatic N) is 1. The first kappa shape index (κ1) is 17.9. The smallest absolute Gasteiger partial charge is 0.243 e. The molecule has 4 atom stereocenters. The molecule has 2 amide bonds. The third kappa shape index (κ3) is 2.46. The van der Waals surface area contributed by atoms with Gasteiger partial charge in [0.15, 0.2) is 0 Å². The molecule has 6 rings (SSSR count). The van der Waals surface area contributed by atoms with E-state index < -0.39 is 0 Å². The first-order valence-corrected chi connectivity index (χ1v) is 11.3. The van der Waals surface area contributed by atoms with Gasteiger partial charge in [0.25, 0.3) is 0 Å². The van der Waals surface area contributed by atoms with Gasteiger partial charge in [-0.2, -0.15) is 0 Å². The third-order valence-corrected chi connectivity index (χ3v) is 7.60. The number of nitrogens with one attached hydrogen (secondary N) is 1. The summed E-state index contributed by atoms with van der Waals surface area (Å²) >= 11 is 0. The molecule has 0 bridgehead atoms. The first-order valence-electron chi connectivity index (χ1n) is 11.3. The Labute approximate surface area is 176 Å². The summed E-state index contributed by atoms with van der Waals surface area (Å²) in [5.74, 6) is -0.111. The molecule has 0 spiro atoms. The van der Waals surface area contributed by atoms with Gasteiger partial charge in [0.2, 0.25) is 11.8 Å². The van der Waals surface area contributed by atoms with Crippen molar-refractivity contribution in [2.24, 2.45) is 11.8 Å². The molecule has 152 valence electrons. The predicted octanol–water partition coefficient (Wildman–Crippen LogP) is 5.51. The highest BCUT2D eigenvalue weighted by Crippen LogP contribution is 2.56. The van der Waals surface area contributed by atoms with Crippen LogP contribution in [0.25, 0.3) is 10.9 Å². The van der Waals surface area contributed by atoms with Crippen molar-refractivity contribution in [3.63, 3.8) is 0 Å². The second kappa shape index (κ2) is 6.83. The van der Waals surface area contributed by atoms with Crippen LogP contribution in [0.1, 0.15) is 61.6 Å². The Morgan fingerprint density at radius 2 is 1.53 bits per heavy atom. The van der Waals surface area contributed by atoms with Crippen molar-refractivity contribution in [2.45, 2.75) is 50.4 Å². The van der Waals surface area contributed by atoms with E-state index >= 15 is 0 Å². The number of imide groups is 1. The molecule has 1 aliphatic heterocycles. The fourth-order valence-corrected chi connectivity index (χ4v) is 6.39. The summed E-state index contributed by atoms with van der Waals surface area (Å²) in [5.41, 5.74) is 4.10. The Balaban J connectivity index is 1.56. The average Bonchev–Trinajstić information content (AvgIpc) is 3.24. The Morgan fingerprint density at radius 1 is 0.800 bits per heavy atom. The van der Waals surface area contributed by atoms with Crippen LogP contribution in [0.4, 0.5) is 5.69 Å². The molecular formula is C26H26N2O2.